The van der Waals surface area contributed by atoms with Gasteiger partial charge in [-0.1, -0.05) is 47.1 Å². The van der Waals surface area contributed by atoms with E-state index in [9.17, 15) is 4.79 Å². The Morgan fingerprint density at radius 3 is 3.04 bits per heavy atom. The van der Waals surface area contributed by atoms with Crippen LogP contribution >= 0.6 is 46.3 Å². The maximum absolute atomic E-state index is 11.9. The first kappa shape index (κ1) is 19.4. The number of nitrogen functional groups attached to an aromatic ring is 1. The lowest BCUT2D eigenvalue weighted by Gasteiger charge is -2.03. The molecule has 3 rings (SSSR count). The highest BCUT2D eigenvalue weighted by molar-refractivity contribution is 7.99. The minimum absolute atomic E-state index is 0.107. The van der Waals surface area contributed by atoms with E-state index in [0.29, 0.717) is 25.9 Å². The molecule has 9 nitrogen and oxygen atoms in total. The van der Waals surface area contributed by atoms with Crippen molar-refractivity contribution in [2.45, 2.75) is 5.16 Å². The number of carbonyl (C=O) groups excluding carboxylic acids is 1. The van der Waals surface area contributed by atoms with E-state index in [-0.39, 0.29) is 17.6 Å². The summed E-state index contributed by atoms with van der Waals surface area (Å²) in [6.07, 6.45) is 3.09. The van der Waals surface area contributed by atoms with Crippen LogP contribution < -0.4 is 16.6 Å². The molecule has 0 bridgehead atoms. The Kier molecular flexibility index (Phi) is 6.50. The van der Waals surface area contributed by atoms with Crippen molar-refractivity contribution in [3.8, 4) is 0 Å². The number of benzene rings is 1. The van der Waals surface area contributed by atoms with E-state index in [1.54, 1.807) is 29.8 Å². The molecule has 0 saturated carbocycles. The second-order valence-corrected chi connectivity index (χ2v) is 7.49. The molecule has 27 heavy (non-hydrogen) atoms. The van der Waals surface area contributed by atoms with E-state index < -0.39 is 0 Å². The molecule has 0 radical (unpaired) electrons. The number of nitrogens with one attached hydrogen (secondary N) is 2. The number of nitrogens with zero attached hydrogens (tertiary/aromatic N) is 5. The first-order valence-corrected chi connectivity index (χ1v) is 9.92. The number of aromatic nitrogens is 4. The Labute approximate surface area is 171 Å². The highest BCUT2D eigenvalue weighted by atomic mass is 35.5. The molecule has 0 aliphatic carbocycles. The average molecular weight is 443 g/mol. The summed E-state index contributed by atoms with van der Waals surface area (Å²) in [7, 11) is 0. The number of thiazole rings is 1. The number of rotatable bonds is 7. The summed E-state index contributed by atoms with van der Waals surface area (Å²) in [6, 6.07) is 5.20. The van der Waals surface area contributed by atoms with Gasteiger partial charge in [0.05, 0.1) is 22.0 Å². The number of thioether (sulfide) groups is 1. The van der Waals surface area contributed by atoms with E-state index in [2.05, 4.69) is 31.0 Å². The van der Waals surface area contributed by atoms with Crippen LogP contribution in [-0.4, -0.2) is 37.7 Å². The Morgan fingerprint density at radius 2 is 2.26 bits per heavy atom. The van der Waals surface area contributed by atoms with Gasteiger partial charge in [-0.25, -0.2) is 15.1 Å². The third-order valence-electron chi connectivity index (χ3n) is 3.03. The van der Waals surface area contributed by atoms with Crippen LogP contribution in [0.25, 0.3) is 0 Å². The molecular formula is C14H12Cl2N8OS2. The number of halogens is 2. The Bertz CT molecular complexity index is 960. The molecule has 1 amide bonds. The number of hydrazone groups is 1. The van der Waals surface area contributed by atoms with Gasteiger partial charge in [0.2, 0.25) is 11.1 Å². The smallest absolute Gasteiger partial charge is 0.264 e. The highest BCUT2D eigenvalue weighted by Gasteiger charge is 2.12. The van der Waals surface area contributed by atoms with Crippen LogP contribution in [0, 0.1) is 0 Å². The molecular weight excluding hydrogens is 431 g/mol. The summed E-state index contributed by atoms with van der Waals surface area (Å²) in [4.78, 5) is 15.8. The average Bonchev–Trinajstić information content (AvgIpc) is 3.27. The highest BCUT2D eigenvalue weighted by Crippen LogP contribution is 2.24. The number of hydrogen-bond donors (Lipinski definition) is 3. The van der Waals surface area contributed by atoms with Crippen molar-refractivity contribution in [2.24, 2.45) is 5.10 Å². The molecule has 0 spiro atoms. The molecule has 4 N–H and O–H groups in total. The summed E-state index contributed by atoms with van der Waals surface area (Å²) < 4.78 is 1.19. The van der Waals surface area contributed by atoms with Gasteiger partial charge in [0.15, 0.2) is 5.13 Å². The van der Waals surface area contributed by atoms with E-state index >= 15 is 0 Å². The fraction of sp³-hybridized carbons (Fsp3) is 0.0714. The summed E-state index contributed by atoms with van der Waals surface area (Å²) in [6.45, 7) is 0. The number of carbonyl (C=O) groups is 1. The summed E-state index contributed by atoms with van der Waals surface area (Å²) >= 11 is 14.5. The Hall–Kier alpha value is -2.34. The van der Waals surface area contributed by atoms with Crippen molar-refractivity contribution >= 4 is 69.5 Å². The van der Waals surface area contributed by atoms with Crippen molar-refractivity contribution in [1.29, 1.82) is 0 Å². The lowest BCUT2D eigenvalue weighted by molar-refractivity contribution is -0.113. The molecule has 2 aromatic heterocycles. The molecule has 0 atom stereocenters. The standard InChI is InChI=1S/C14H12Cl2N8OS2/c15-9-3-1-2-8(11(9)16)6-19-21-12-22-23-14(24(12)17)27-7-10(25)20-13-18-4-5-26-13/h1-6H,7,17H2,(H,21,22)(H,18,20,25)/b19-6+. The minimum Gasteiger partial charge on any atom is -0.334 e. The van der Waals surface area contributed by atoms with E-state index in [1.165, 1.54) is 22.2 Å². The molecule has 3 aromatic rings. The first-order chi connectivity index (χ1) is 13.0. The summed E-state index contributed by atoms with van der Waals surface area (Å²) in [5.74, 6) is 5.99. The molecule has 0 aliphatic rings. The van der Waals surface area contributed by atoms with Crippen molar-refractivity contribution in [2.75, 3.05) is 22.3 Å². The number of amides is 1. The fourth-order valence-corrected chi connectivity index (χ4v) is 3.36. The van der Waals surface area contributed by atoms with Crippen molar-refractivity contribution < 1.29 is 4.79 Å². The van der Waals surface area contributed by atoms with Crippen LogP contribution in [0.15, 0.2) is 40.0 Å². The van der Waals surface area contributed by atoms with Crippen LogP contribution in [0.5, 0.6) is 0 Å². The predicted molar refractivity (Wildman–Crippen MR) is 109 cm³/mol. The van der Waals surface area contributed by atoms with Gasteiger partial charge < -0.3 is 11.2 Å². The zero-order valence-electron chi connectivity index (χ0n) is 13.5. The molecule has 140 valence electrons. The third kappa shape index (κ3) is 5.10. The van der Waals surface area contributed by atoms with E-state index in [0.717, 1.165) is 11.8 Å². The maximum Gasteiger partial charge on any atom is 0.264 e. The van der Waals surface area contributed by atoms with Gasteiger partial charge in [-0.3, -0.25) is 4.79 Å². The molecule has 0 fully saturated rings. The Balaban J connectivity index is 1.56. The van der Waals surface area contributed by atoms with Crippen LogP contribution in [0.4, 0.5) is 11.1 Å². The van der Waals surface area contributed by atoms with Crippen molar-refractivity contribution in [3.63, 3.8) is 0 Å². The van der Waals surface area contributed by atoms with Crippen LogP contribution in [-0.2, 0) is 4.79 Å². The first-order valence-electron chi connectivity index (χ1n) is 7.30. The summed E-state index contributed by atoms with van der Waals surface area (Å²) in [5.41, 5.74) is 3.29. The van der Waals surface area contributed by atoms with Gasteiger partial charge in [0, 0.05) is 17.1 Å². The molecule has 0 aliphatic heterocycles. The van der Waals surface area contributed by atoms with E-state index in [4.69, 9.17) is 29.0 Å². The number of nitrogens with two attached hydrogens (primary N) is 1. The second kappa shape index (κ2) is 9.04. The van der Waals surface area contributed by atoms with Gasteiger partial charge in [-0.2, -0.15) is 5.10 Å². The fourth-order valence-electron chi connectivity index (χ4n) is 1.80. The minimum atomic E-state index is -0.221. The SMILES string of the molecule is Nn1c(N/N=C/c2cccc(Cl)c2Cl)nnc1SCC(=O)Nc1nccs1. The van der Waals surface area contributed by atoms with Crippen LogP contribution in [0.3, 0.4) is 0 Å². The van der Waals surface area contributed by atoms with Gasteiger partial charge >= 0.3 is 0 Å². The molecule has 0 unspecified atom stereocenters. The quantitative estimate of drug-likeness (QED) is 0.222. The summed E-state index contributed by atoms with van der Waals surface area (Å²) in [5, 5.41) is 18.0. The Morgan fingerprint density at radius 1 is 1.41 bits per heavy atom. The lowest BCUT2D eigenvalue weighted by Crippen LogP contribution is -2.16. The lowest BCUT2D eigenvalue weighted by atomic mass is 10.2. The monoisotopic (exact) mass is 442 g/mol. The molecule has 0 saturated heterocycles. The maximum atomic E-state index is 11.9. The number of hydrogen-bond acceptors (Lipinski definition) is 9. The van der Waals surface area contributed by atoms with Gasteiger partial charge in [0.1, 0.15) is 0 Å². The van der Waals surface area contributed by atoms with Crippen molar-refractivity contribution in [3.05, 3.63) is 45.4 Å². The zero-order valence-corrected chi connectivity index (χ0v) is 16.6. The van der Waals surface area contributed by atoms with Gasteiger partial charge in [0.25, 0.3) is 5.95 Å². The second-order valence-electron chi connectivity index (χ2n) is 4.86. The normalized spacial score (nSPS) is 11.0. The molecule has 2 heterocycles. The predicted octanol–water partition coefficient (Wildman–Crippen LogP) is 2.93. The topological polar surface area (TPSA) is 123 Å². The van der Waals surface area contributed by atoms with Crippen LogP contribution in [0.2, 0.25) is 10.0 Å². The molecule has 13 heteroatoms. The number of anilines is 2. The largest absolute Gasteiger partial charge is 0.334 e. The van der Waals surface area contributed by atoms with Gasteiger partial charge in [-0.05, 0) is 6.07 Å². The third-order valence-corrected chi connectivity index (χ3v) is 5.49. The van der Waals surface area contributed by atoms with Crippen molar-refractivity contribution in [1.82, 2.24) is 19.9 Å². The zero-order chi connectivity index (χ0) is 19.2. The van der Waals surface area contributed by atoms with E-state index in [1.807, 2.05) is 0 Å². The molecule has 1 aromatic carbocycles. The van der Waals surface area contributed by atoms with Crippen LogP contribution in [0.1, 0.15) is 5.56 Å². The van der Waals surface area contributed by atoms with Gasteiger partial charge in [-0.15, -0.1) is 21.5 Å².